The number of urea groups is 1. The molecule has 1 heterocycles. The third kappa shape index (κ3) is 5.16. The van der Waals surface area contributed by atoms with Gasteiger partial charge in [0.1, 0.15) is 18.6 Å². The van der Waals surface area contributed by atoms with Crippen LogP contribution < -0.4 is 5.32 Å². The van der Waals surface area contributed by atoms with Crippen LogP contribution in [-0.4, -0.2) is 46.9 Å². The number of amides is 4. The van der Waals surface area contributed by atoms with E-state index >= 15 is 0 Å². The van der Waals surface area contributed by atoms with Gasteiger partial charge in [0.05, 0.1) is 0 Å². The lowest BCUT2D eigenvalue weighted by Crippen LogP contribution is -2.46. The first-order chi connectivity index (χ1) is 14.9. The zero-order valence-electron chi connectivity index (χ0n) is 16.7. The molecule has 0 saturated carbocycles. The Balaban J connectivity index is 1.82. The Morgan fingerprint density at radius 2 is 1.78 bits per heavy atom. The molecule has 1 aliphatic rings. The zero-order valence-corrected chi connectivity index (χ0v) is 18.3. The lowest BCUT2D eigenvalue weighted by atomic mass is 9.92. The first-order valence-electron chi connectivity index (χ1n) is 9.39. The molecule has 2 aromatic carbocycles. The molecule has 32 heavy (non-hydrogen) atoms. The van der Waals surface area contributed by atoms with Crippen LogP contribution in [0.15, 0.2) is 48.5 Å². The predicted octanol–water partition coefficient (Wildman–Crippen LogP) is 4.35. The van der Waals surface area contributed by atoms with Gasteiger partial charge in [-0.1, -0.05) is 59.6 Å². The smallest absolute Gasteiger partial charge is 0.328 e. The first-order valence-corrected chi connectivity index (χ1v) is 10.1. The molecular weight excluding hydrogens is 470 g/mol. The van der Waals surface area contributed by atoms with Crippen LogP contribution in [0.3, 0.4) is 0 Å². The van der Waals surface area contributed by atoms with Crippen LogP contribution >= 0.6 is 23.2 Å². The summed E-state index contributed by atoms with van der Waals surface area (Å²) in [6, 6.07) is 11.5. The van der Waals surface area contributed by atoms with E-state index in [1.807, 2.05) is 0 Å². The standard InChI is InChI=1S/C21H18Cl2F3N3O3/c1-20(15-8-7-14(22)9-16(15)23)18(31)29(19(32)27-20)11-17(30)28(12-21(24,25)26)10-13-5-3-2-4-6-13/h2-9H,10-12H2,1H3,(H,27,32)/t20-/m1/s1. The largest absolute Gasteiger partial charge is 0.406 e. The summed E-state index contributed by atoms with van der Waals surface area (Å²) >= 11 is 12.0. The van der Waals surface area contributed by atoms with Crippen LogP contribution in [0.2, 0.25) is 10.0 Å². The lowest BCUT2D eigenvalue weighted by Gasteiger charge is -2.26. The number of imide groups is 1. The monoisotopic (exact) mass is 487 g/mol. The van der Waals surface area contributed by atoms with E-state index in [2.05, 4.69) is 5.32 Å². The molecule has 0 radical (unpaired) electrons. The number of benzene rings is 2. The molecule has 0 spiro atoms. The second kappa shape index (κ2) is 8.99. The molecular formula is C21H18Cl2F3N3O3. The van der Waals surface area contributed by atoms with Gasteiger partial charge in [-0.3, -0.25) is 14.5 Å². The number of hydrogen-bond donors (Lipinski definition) is 1. The van der Waals surface area contributed by atoms with Crippen molar-refractivity contribution >= 4 is 41.0 Å². The van der Waals surface area contributed by atoms with Gasteiger partial charge in [0.2, 0.25) is 5.91 Å². The van der Waals surface area contributed by atoms with E-state index in [0.717, 1.165) is 0 Å². The quantitative estimate of drug-likeness (QED) is 0.615. The molecule has 1 fully saturated rings. The number of nitrogens with one attached hydrogen (secondary N) is 1. The van der Waals surface area contributed by atoms with Gasteiger partial charge in [-0.25, -0.2) is 4.79 Å². The maximum absolute atomic E-state index is 13.1. The topological polar surface area (TPSA) is 69.7 Å². The van der Waals surface area contributed by atoms with E-state index in [1.54, 1.807) is 30.3 Å². The van der Waals surface area contributed by atoms with Crippen LogP contribution in [0.1, 0.15) is 18.1 Å². The summed E-state index contributed by atoms with van der Waals surface area (Å²) in [5.74, 6) is -1.84. The molecule has 1 atom stereocenters. The number of nitrogens with zero attached hydrogens (tertiary/aromatic N) is 2. The molecule has 6 nitrogen and oxygen atoms in total. The highest BCUT2D eigenvalue weighted by atomic mass is 35.5. The predicted molar refractivity (Wildman–Crippen MR) is 112 cm³/mol. The Kier molecular flexibility index (Phi) is 6.71. The summed E-state index contributed by atoms with van der Waals surface area (Å²) in [7, 11) is 0. The summed E-state index contributed by atoms with van der Waals surface area (Å²) in [6.45, 7) is -1.31. The molecule has 4 amide bonds. The van der Waals surface area contributed by atoms with Gasteiger partial charge in [0, 0.05) is 22.2 Å². The molecule has 1 saturated heterocycles. The van der Waals surface area contributed by atoms with Crippen molar-refractivity contribution < 1.29 is 27.6 Å². The van der Waals surface area contributed by atoms with E-state index in [0.29, 0.717) is 20.4 Å². The third-order valence-corrected chi connectivity index (χ3v) is 5.53. The van der Waals surface area contributed by atoms with Crippen molar-refractivity contribution in [3.8, 4) is 0 Å². The van der Waals surface area contributed by atoms with E-state index in [1.165, 1.54) is 25.1 Å². The molecule has 3 rings (SSSR count). The number of rotatable bonds is 6. The molecule has 0 aliphatic carbocycles. The van der Waals surface area contributed by atoms with Crippen molar-refractivity contribution in [1.29, 1.82) is 0 Å². The van der Waals surface area contributed by atoms with Gasteiger partial charge in [-0.15, -0.1) is 0 Å². The van der Waals surface area contributed by atoms with Gasteiger partial charge in [-0.05, 0) is 24.6 Å². The molecule has 0 aromatic heterocycles. The van der Waals surface area contributed by atoms with E-state index < -0.39 is 42.7 Å². The summed E-state index contributed by atoms with van der Waals surface area (Å²) in [5, 5.41) is 2.90. The maximum Gasteiger partial charge on any atom is 0.406 e. The number of hydrogen-bond acceptors (Lipinski definition) is 3. The third-order valence-electron chi connectivity index (χ3n) is 4.98. The minimum Gasteiger partial charge on any atom is -0.328 e. The Labute approximate surface area is 191 Å². The Morgan fingerprint density at radius 1 is 1.12 bits per heavy atom. The molecule has 0 bridgehead atoms. The molecule has 0 unspecified atom stereocenters. The van der Waals surface area contributed by atoms with Gasteiger partial charge in [0.15, 0.2) is 0 Å². The number of carbonyl (C=O) groups is 3. The second-order valence-corrected chi connectivity index (χ2v) is 8.26. The summed E-state index contributed by atoms with van der Waals surface area (Å²) in [4.78, 5) is 39.4. The van der Waals surface area contributed by atoms with Gasteiger partial charge < -0.3 is 10.2 Å². The fraction of sp³-hybridized carbons (Fsp3) is 0.286. The highest BCUT2D eigenvalue weighted by Gasteiger charge is 2.50. The molecule has 1 N–H and O–H groups in total. The highest BCUT2D eigenvalue weighted by Crippen LogP contribution is 2.35. The average Bonchev–Trinajstić information content (AvgIpc) is 2.90. The van der Waals surface area contributed by atoms with Gasteiger partial charge in [0.25, 0.3) is 5.91 Å². The second-order valence-electron chi connectivity index (χ2n) is 7.42. The van der Waals surface area contributed by atoms with Crippen LogP contribution in [0.4, 0.5) is 18.0 Å². The van der Waals surface area contributed by atoms with Crippen LogP contribution in [0.5, 0.6) is 0 Å². The molecule has 2 aromatic rings. The van der Waals surface area contributed by atoms with E-state index in [-0.39, 0.29) is 17.1 Å². The number of halogens is 5. The number of carbonyl (C=O) groups excluding carboxylic acids is 3. The minimum atomic E-state index is -4.66. The van der Waals surface area contributed by atoms with Gasteiger partial charge >= 0.3 is 12.2 Å². The summed E-state index contributed by atoms with van der Waals surface area (Å²) in [5.41, 5.74) is -0.888. The molecule has 170 valence electrons. The molecule has 1 aliphatic heterocycles. The molecule has 11 heteroatoms. The Hall–Kier alpha value is -2.78. The zero-order chi connectivity index (χ0) is 23.7. The lowest BCUT2D eigenvalue weighted by molar-refractivity contribution is -0.163. The normalized spacial score (nSPS) is 18.6. The average molecular weight is 488 g/mol. The number of alkyl halides is 3. The summed E-state index contributed by atoms with van der Waals surface area (Å²) < 4.78 is 39.2. The van der Waals surface area contributed by atoms with Crippen LogP contribution in [0.25, 0.3) is 0 Å². The fourth-order valence-corrected chi connectivity index (χ4v) is 4.00. The van der Waals surface area contributed by atoms with Crippen molar-refractivity contribution in [2.75, 3.05) is 13.1 Å². The summed E-state index contributed by atoms with van der Waals surface area (Å²) in [6.07, 6.45) is -4.66. The SMILES string of the molecule is C[C@]1(c2ccc(Cl)cc2Cl)NC(=O)N(CC(=O)N(Cc2ccccc2)CC(F)(F)F)C1=O. The highest BCUT2D eigenvalue weighted by molar-refractivity contribution is 6.35. The minimum absolute atomic E-state index is 0.115. The van der Waals surface area contributed by atoms with E-state index in [9.17, 15) is 27.6 Å². The van der Waals surface area contributed by atoms with Crippen molar-refractivity contribution in [3.63, 3.8) is 0 Å². The van der Waals surface area contributed by atoms with Crippen molar-refractivity contribution in [2.24, 2.45) is 0 Å². The van der Waals surface area contributed by atoms with Crippen LogP contribution in [-0.2, 0) is 21.7 Å². The van der Waals surface area contributed by atoms with Crippen molar-refractivity contribution in [1.82, 2.24) is 15.1 Å². The maximum atomic E-state index is 13.1. The van der Waals surface area contributed by atoms with Crippen molar-refractivity contribution in [3.05, 3.63) is 69.7 Å². The van der Waals surface area contributed by atoms with Crippen LogP contribution in [0, 0.1) is 0 Å². The first kappa shape index (κ1) is 23.9. The fourth-order valence-electron chi connectivity index (χ4n) is 3.41. The Morgan fingerprint density at radius 3 is 2.38 bits per heavy atom. The van der Waals surface area contributed by atoms with Gasteiger partial charge in [-0.2, -0.15) is 13.2 Å². The Bertz CT molecular complexity index is 1050. The van der Waals surface area contributed by atoms with E-state index in [4.69, 9.17) is 23.2 Å². The van der Waals surface area contributed by atoms with Crippen molar-refractivity contribution in [2.45, 2.75) is 25.2 Å².